The highest BCUT2D eigenvalue weighted by Crippen LogP contribution is 2.33. The van der Waals surface area contributed by atoms with Gasteiger partial charge in [-0.05, 0) is 43.4 Å². The summed E-state index contributed by atoms with van der Waals surface area (Å²) in [5.41, 5.74) is 3.49. The van der Waals surface area contributed by atoms with Gasteiger partial charge in [-0.15, -0.1) is 0 Å². The number of carbonyl (C=O) groups excluding carboxylic acids is 1. The van der Waals surface area contributed by atoms with Crippen molar-refractivity contribution in [2.45, 2.75) is 38.1 Å². The molecule has 0 unspecified atom stereocenters. The summed E-state index contributed by atoms with van der Waals surface area (Å²) >= 11 is 0. The molecule has 6 nitrogen and oxygen atoms in total. The van der Waals surface area contributed by atoms with Crippen LogP contribution in [0.25, 0.3) is 0 Å². The van der Waals surface area contributed by atoms with Crippen LogP contribution in [0, 0.1) is 0 Å². The third-order valence-corrected chi connectivity index (χ3v) is 4.79. The summed E-state index contributed by atoms with van der Waals surface area (Å²) in [5.74, 6) is 1.61. The molecule has 1 N–H and O–H groups in total. The second kappa shape index (κ2) is 6.19. The van der Waals surface area contributed by atoms with Crippen molar-refractivity contribution in [3.05, 3.63) is 41.2 Å². The fourth-order valence-electron chi connectivity index (χ4n) is 3.48. The quantitative estimate of drug-likeness (QED) is 0.935. The number of ether oxygens (including phenoxy) is 2. The first-order valence-electron chi connectivity index (χ1n) is 8.39. The van der Waals surface area contributed by atoms with Crippen LogP contribution in [0.4, 0.5) is 0 Å². The van der Waals surface area contributed by atoms with E-state index in [9.17, 15) is 4.79 Å². The number of aromatic nitrogens is 2. The van der Waals surface area contributed by atoms with E-state index in [4.69, 9.17) is 9.47 Å². The van der Waals surface area contributed by atoms with E-state index >= 15 is 0 Å². The van der Waals surface area contributed by atoms with Crippen LogP contribution in [0.3, 0.4) is 0 Å². The Labute approximate surface area is 140 Å². The number of hydrogen-bond donors (Lipinski definition) is 1. The van der Waals surface area contributed by atoms with Crippen LogP contribution in [0.1, 0.15) is 42.1 Å². The molecule has 1 aromatic carbocycles. The standard InChI is InChI=1S/C18H21N3O3/c1-21-15-4-2-3-14(13(15)10-19-21)20-18(22)8-6-12-5-7-16-17(9-12)24-11-23-16/h5,7,9-10,14H,2-4,6,8,11H2,1H3,(H,20,22)/t14-/m0/s1. The number of benzene rings is 1. The lowest BCUT2D eigenvalue weighted by molar-refractivity contribution is -0.121. The van der Waals surface area contributed by atoms with Crippen LogP contribution in [-0.2, 0) is 24.7 Å². The molecule has 126 valence electrons. The highest BCUT2D eigenvalue weighted by molar-refractivity contribution is 5.76. The number of carbonyl (C=O) groups is 1. The molecule has 2 aromatic rings. The van der Waals surface area contributed by atoms with E-state index in [0.29, 0.717) is 12.8 Å². The van der Waals surface area contributed by atoms with Gasteiger partial charge in [0.05, 0.1) is 12.2 Å². The maximum Gasteiger partial charge on any atom is 0.231 e. The van der Waals surface area contributed by atoms with E-state index in [1.54, 1.807) is 0 Å². The number of amides is 1. The van der Waals surface area contributed by atoms with E-state index < -0.39 is 0 Å². The Morgan fingerprint density at radius 2 is 2.25 bits per heavy atom. The predicted octanol–water partition coefficient (Wildman–Crippen LogP) is 2.28. The Balaban J connectivity index is 1.36. The zero-order chi connectivity index (χ0) is 16.5. The molecule has 2 heterocycles. The molecule has 24 heavy (non-hydrogen) atoms. The number of aryl methyl sites for hydroxylation is 2. The molecule has 1 amide bonds. The average Bonchev–Trinajstić information content (AvgIpc) is 3.20. The minimum Gasteiger partial charge on any atom is -0.454 e. The predicted molar refractivity (Wildman–Crippen MR) is 87.9 cm³/mol. The van der Waals surface area contributed by atoms with E-state index in [-0.39, 0.29) is 18.7 Å². The summed E-state index contributed by atoms with van der Waals surface area (Å²) < 4.78 is 12.6. The molecule has 0 saturated carbocycles. The Kier molecular flexibility index (Phi) is 3.88. The second-order valence-corrected chi connectivity index (χ2v) is 6.37. The summed E-state index contributed by atoms with van der Waals surface area (Å²) in [4.78, 5) is 12.3. The van der Waals surface area contributed by atoms with Crippen LogP contribution in [0.15, 0.2) is 24.4 Å². The van der Waals surface area contributed by atoms with Gasteiger partial charge < -0.3 is 14.8 Å². The minimum absolute atomic E-state index is 0.0781. The van der Waals surface area contributed by atoms with Crippen LogP contribution in [0.5, 0.6) is 11.5 Å². The lowest BCUT2D eigenvalue weighted by atomic mass is 9.93. The first-order chi connectivity index (χ1) is 11.7. The van der Waals surface area contributed by atoms with Crippen molar-refractivity contribution in [2.75, 3.05) is 6.79 Å². The zero-order valence-corrected chi connectivity index (χ0v) is 13.7. The topological polar surface area (TPSA) is 65.4 Å². The van der Waals surface area contributed by atoms with Crippen molar-refractivity contribution >= 4 is 5.91 Å². The lowest BCUT2D eigenvalue weighted by Crippen LogP contribution is -2.31. The van der Waals surface area contributed by atoms with Crippen molar-refractivity contribution in [1.82, 2.24) is 15.1 Å². The van der Waals surface area contributed by atoms with Gasteiger partial charge in [0.2, 0.25) is 12.7 Å². The molecule has 6 heteroatoms. The molecule has 0 bridgehead atoms. The maximum atomic E-state index is 12.3. The normalized spacial score (nSPS) is 18.3. The molecule has 0 radical (unpaired) electrons. The second-order valence-electron chi connectivity index (χ2n) is 6.37. The highest BCUT2D eigenvalue weighted by atomic mass is 16.7. The number of rotatable bonds is 4. The lowest BCUT2D eigenvalue weighted by Gasteiger charge is -2.23. The summed E-state index contributed by atoms with van der Waals surface area (Å²) in [6.07, 6.45) is 6.14. The summed E-state index contributed by atoms with van der Waals surface area (Å²) in [7, 11) is 1.96. The van der Waals surface area contributed by atoms with Crippen molar-refractivity contribution < 1.29 is 14.3 Å². The molecule has 1 aromatic heterocycles. The third-order valence-electron chi connectivity index (χ3n) is 4.79. The number of nitrogens with one attached hydrogen (secondary N) is 1. The van der Waals surface area contributed by atoms with Gasteiger partial charge >= 0.3 is 0 Å². The molecule has 1 aliphatic heterocycles. The van der Waals surface area contributed by atoms with E-state index in [1.807, 2.05) is 36.1 Å². The van der Waals surface area contributed by atoms with Gasteiger partial charge in [-0.3, -0.25) is 9.48 Å². The first kappa shape index (κ1) is 15.1. The molecule has 0 spiro atoms. The number of hydrogen-bond acceptors (Lipinski definition) is 4. The van der Waals surface area contributed by atoms with Gasteiger partial charge in [0.1, 0.15) is 0 Å². The molecule has 2 aliphatic rings. The Bertz CT molecular complexity index is 769. The van der Waals surface area contributed by atoms with E-state index in [0.717, 1.165) is 36.3 Å². The maximum absolute atomic E-state index is 12.3. The molecule has 0 saturated heterocycles. The molecule has 4 rings (SSSR count). The Morgan fingerprint density at radius 1 is 1.38 bits per heavy atom. The van der Waals surface area contributed by atoms with Gasteiger partial charge in [0, 0.05) is 24.7 Å². The minimum atomic E-state index is 0.0781. The third kappa shape index (κ3) is 2.84. The number of nitrogens with zero attached hydrogens (tertiary/aromatic N) is 2. The van der Waals surface area contributed by atoms with E-state index in [1.165, 1.54) is 11.3 Å². The Hall–Kier alpha value is -2.50. The summed E-state index contributed by atoms with van der Waals surface area (Å²) in [6, 6.07) is 5.93. The molecule has 1 aliphatic carbocycles. The SMILES string of the molecule is Cn1ncc2c1CCC[C@@H]2NC(=O)CCc1ccc2c(c1)OCO2. The Morgan fingerprint density at radius 3 is 3.17 bits per heavy atom. The van der Waals surface area contributed by atoms with Crippen molar-refractivity contribution in [3.8, 4) is 11.5 Å². The number of fused-ring (bicyclic) bond motifs is 2. The fourth-order valence-corrected chi connectivity index (χ4v) is 3.48. The van der Waals surface area contributed by atoms with Gasteiger partial charge in [-0.1, -0.05) is 6.07 Å². The van der Waals surface area contributed by atoms with E-state index in [2.05, 4.69) is 10.4 Å². The van der Waals surface area contributed by atoms with Crippen LogP contribution >= 0.6 is 0 Å². The molecule has 0 fully saturated rings. The summed E-state index contributed by atoms with van der Waals surface area (Å²) in [6.45, 7) is 0.272. The molecule has 1 atom stereocenters. The molecular weight excluding hydrogens is 306 g/mol. The van der Waals surface area contributed by atoms with Crippen LogP contribution < -0.4 is 14.8 Å². The average molecular weight is 327 g/mol. The highest BCUT2D eigenvalue weighted by Gasteiger charge is 2.24. The molecular formula is C18H21N3O3. The fraction of sp³-hybridized carbons (Fsp3) is 0.444. The van der Waals surface area contributed by atoms with Crippen molar-refractivity contribution in [3.63, 3.8) is 0 Å². The van der Waals surface area contributed by atoms with Crippen molar-refractivity contribution in [1.29, 1.82) is 0 Å². The van der Waals surface area contributed by atoms with Gasteiger partial charge in [-0.2, -0.15) is 5.10 Å². The smallest absolute Gasteiger partial charge is 0.231 e. The zero-order valence-electron chi connectivity index (χ0n) is 13.7. The largest absolute Gasteiger partial charge is 0.454 e. The first-order valence-corrected chi connectivity index (χ1v) is 8.39. The monoisotopic (exact) mass is 327 g/mol. The van der Waals surface area contributed by atoms with Gasteiger partial charge in [-0.25, -0.2) is 0 Å². The van der Waals surface area contributed by atoms with Gasteiger partial charge in [0.25, 0.3) is 0 Å². The van der Waals surface area contributed by atoms with Crippen LogP contribution in [0.2, 0.25) is 0 Å². The van der Waals surface area contributed by atoms with Crippen LogP contribution in [-0.4, -0.2) is 22.5 Å². The van der Waals surface area contributed by atoms with Gasteiger partial charge in [0.15, 0.2) is 11.5 Å². The summed E-state index contributed by atoms with van der Waals surface area (Å²) in [5, 5.41) is 7.48. The van der Waals surface area contributed by atoms with Crippen molar-refractivity contribution in [2.24, 2.45) is 7.05 Å².